The molecule has 0 aromatic heterocycles. The van der Waals surface area contributed by atoms with Gasteiger partial charge in [-0.1, -0.05) is 24.3 Å². The maximum atomic E-state index is 11.7. The van der Waals surface area contributed by atoms with E-state index in [2.05, 4.69) is 0 Å². The second-order valence-electron chi connectivity index (χ2n) is 3.98. The smallest absolute Gasteiger partial charge is 0.256 e. The van der Waals surface area contributed by atoms with E-state index in [0.717, 1.165) is 11.1 Å². The minimum absolute atomic E-state index is 0.187. The van der Waals surface area contributed by atoms with E-state index in [4.69, 9.17) is 0 Å². The molecule has 1 aromatic rings. The topological polar surface area (TPSA) is 37.4 Å². The molecule has 0 saturated carbocycles. The summed E-state index contributed by atoms with van der Waals surface area (Å²) in [5, 5.41) is 0. The Kier molecular flexibility index (Phi) is 2.60. The Morgan fingerprint density at radius 2 is 1.81 bits per heavy atom. The van der Waals surface area contributed by atoms with E-state index < -0.39 is 0 Å². The van der Waals surface area contributed by atoms with Crippen molar-refractivity contribution in [2.45, 2.75) is 20.4 Å². The first-order valence-electron chi connectivity index (χ1n) is 5.18. The van der Waals surface area contributed by atoms with Crippen molar-refractivity contribution in [2.24, 2.45) is 0 Å². The van der Waals surface area contributed by atoms with Crippen molar-refractivity contribution >= 4 is 11.8 Å². The number of carbonyl (C=O) groups excluding carboxylic acids is 2. The SMILES string of the molecule is CC1=CC(=O)N(Cc2ccccc2C)C1=O. The van der Waals surface area contributed by atoms with E-state index in [0.29, 0.717) is 12.1 Å². The van der Waals surface area contributed by atoms with E-state index in [9.17, 15) is 9.59 Å². The van der Waals surface area contributed by atoms with Gasteiger partial charge in [-0.2, -0.15) is 0 Å². The zero-order valence-corrected chi connectivity index (χ0v) is 9.36. The number of imide groups is 1. The van der Waals surface area contributed by atoms with Crippen LogP contribution < -0.4 is 0 Å². The van der Waals surface area contributed by atoms with Crippen LogP contribution >= 0.6 is 0 Å². The molecule has 3 nitrogen and oxygen atoms in total. The van der Waals surface area contributed by atoms with Gasteiger partial charge in [-0.3, -0.25) is 14.5 Å². The lowest BCUT2D eigenvalue weighted by atomic mass is 10.1. The quantitative estimate of drug-likeness (QED) is 0.705. The summed E-state index contributed by atoms with van der Waals surface area (Å²) < 4.78 is 0. The highest BCUT2D eigenvalue weighted by Crippen LogP contribution is 2.17. The molecule has 0 N–H and O–H groups in total. The normalized spacial score (nSPS) is 15.6. The van der Waals surface area contributed by atoms with E-state index >= 15 is 0 Å². The molecule has 0 aliphatic carbocycles. The Hall–Kier alpha value is -1.90. The molecule has 3 heteroatoms. The van der Waals surface area contributed by atoms with Gasteiger partial charge in [0.15, 0.2) is 0 Å². The molecule has 0 fully saturated rings. The average Bonchev–Trinajstić information content (AvgIpc) is 2.48. The molecule has 0 saturated heterocycles. The monoisotopic (exact) mass is 215 g/mol. The lowest BCUT2D eigenvalue weighted by Crippen LogP contribution is -2.30. The maximum absolute atomic E-state index is 11.7. The van der Waals surface area contributed by atoms with Gasteiger partial charge in [-0.25, -0.2) is 0 Å². The highest BCUT2D eigenvalue weighted by atomic mass is 16.2. The Morgan fingerprint density at radius 3 is 2.38 bits per heavy atom. The van der Waals surface area contributed by atoms with E-state index in [1.54, 1.807) is 6.92 Å². The van der Waals surface area contributed by atoms with Crippen molar-refractivity contribution in [2.75, 3.05) is 0 Å². The van der Waals surface area contributed by atoms with Crippen LogP contribution in [-0.4, -0.2) is 16.7 Å². The van der Waals surface area contributed by atoms with E-state index in [-0.39, 0.29) is 11.8 Å². The van der Waals surface area contributed by atoms with Crippen LogP contribution in [0.3, 0.4) is 0 Å². The highest BCUT2D eigenvalue weighted by Gasteiger charge is 2.28. The lowest BCUT2D eigenvalue weighted by Gasteiger charge is -2.15. The third kappa shape index (κ3) is 1.76. The van der Waals surface area contributed by atoms with Crippen molar-refractivity contribution in [3.63, 3.8) is 0 Å². The molecule has 0 atom stereocenters. The molecule has 1 aromatic carbocycles. The number of hydrogen-bond donors (Lipinski definition) is 0. The van der Waals surface area contributed by atoms with E-state index in [1.165, 1.54) is 11.0 Å². The molecule has 1 heterocycles. The van der Waals surface area contributed by atoms with Crippen LogP contribution in [0, 0.1) is 6.92 Å². The predicted octanol–water partition coefficient (Wildman–Crippen LogP) is 1.81. The number of carbonyl (C=O) groups is 2. The van der Waals surface area contributed by atoms with Crippen molar-refractivity contribution in [3.05, 3.63) is 47.0 Å². The van der Waals surface area contributed by atoms with Gasteiger partial charge < -0.3 is 0 Å². The number of nitrogens with zero attached hydrogens (tertiary/aromatic N) is 1. The molecular formula is C13H13NO2. The first-order valence-corrected chi connectivity index (χ1v) is 5.18. The minimum Gasteiger partial charge on any atom is -0.271 e. The Labute approximate surface area is 94.4 Å². The van der Waals surface area contributed by atoms with Crippen molar-refractivity contribution in [3.8, 4) is 0 Å². The zero-order chi connectivity index (χ0) is 11.7. The summed E-state index contributed by atoms with van der Waals surface area (Å²) in [7, 11) is 0. The summed E-state index contributed by atoms with van der Waals surface area (Å²) in [6.07, 6.45) is 1.39. The molecule has 0 radical (unpaired) electrons. The second-order valence-corrected chi connectivity index (χ2v) is 3.98. The molecule has 1 aliphatic heterocycles. The van der Waals surface area contributed by atoms with Crippen LogP contribution in [0.5, 0.6) is 0 Å². The maximum Gasteiger partial charge on any atom is 0.256 e. The van der Waals surface area contributed by atoms with Crippen LogP contribution in [0.4, 0.5) is 0 Å². The molecule has 0 unspecified atom stereocenters. The fourth-order valence-corrected chi connectivity index (χ4v) is 1.75. The Balaban J connectivity index is 2.22. The standard InChI is InChI=1S/C13H13NO2/c1-9-5-3-4-6-11(9)8-14-12(15)7-10(2)13(14)16/h3-7H,8H2,1-2H3. The summed E-state index contributed by atoms with van der Waals surface area (Å²) in [6.45, 7) is 4.00. The number of benzene rings is 1. The third-order valence-corrected chi connectivity index (χ3v) is 2.78. The van der Waals surface area contributed by atoms with Crippen LogP contribution in [0.15, 0.2) is 35.9 Å². The van der Waals surface area contributed by atoms with Crippen molar-refractivity contribution in [1.82, 2.24) is 4.90 Å². The number of rotatable bonds is 2. The Bertz CT molecular complexity index is 488. The first-order chi connectivity index (χ1) is 7.59. The summed E-state index contributed by atoms with van der Waals surface area (Å²) in [6, 6.07) is 7.76. The van der Waals surface area contributed by atoms with Crippen LogP contribution in [-0.2, 0) is 16.1 Å². The number of aryl methyl sites for hydroxylation is 1. The molecule has 0 bridgehead atoms. The largest absolute Gasteiger partial charge is 0.271 e. The van der Waals surface area contributed by atoms with Gasteiger partial charge in [-0.05, 0) is 25.0 Å². The second kappa shape index (κ2) is 3.93. The van der Waals surface area contributed by atoms with Crippen LogP contribution in [0.25, 0.3) is 0 Å². The van der Waals surface area contributed by atoms with Gasteiger partial charge in [0, 0.05) is 11.6 Å². The zero-order valence-electron chi connectivity index (χ0n) is 9.36. The number of amides is 2. The summed E-state index contributed by atoms with van der Waals surface area (Å²) in [5.74, 6) is -0.404. The highest BCUT2D eigenvalue weighted by molar-refractivity contribution is 6.15. The van der Waals surface area contributed by atoms with Gasteiger partial charge >= 0.3 is 0 Å². The molecular weight excluding hydrogens is 202 g/mol. The summed E-state index contributed by atoms with van der Waals surface area (Å²) >= 11 is 0. The fraction of sp³-hybridized carbons (Fsp3) is 0.231. The van der Waals surface area contributed by atoms with Gasteiger partial charge in [0.1, 0.15) is 0 Å². The lowest BCUT2D eigenvalue weighted by molar-refractivity contribution is -0.137. The Morgan fingerprint density at radius 1 is 1.12 bits per heavy atom. The van der Waals surface area contributed by atoms with Gasteiger partial charge in [0.2, 0.25) is 0 Å². The molecule has 1 aliphatic rings. The van der Waals surface area contributed by atoms with Crippen molar-refractivity contribution in [1.29, 1.82) is 0 Å². The fourth-order valence-electron chi connectivity index (χ4n) is 1.75. The molecule has 82 valence electrons. The summed E-state index contributed by atoms with van der Waals surface area (Å²) in [4.78, 5) is 24.5. The van der Waals surface area contributed by atoms with Crippen LogP contribution in [0.2, 0.25) is 0 Å². The van der Waals surface area contributed by atoms with Crippen molar-refractivity contribution < 1.29 is 9.59 Å². The molecule has 16 heavy (non-hydrogen) atoms. The van der Waals surface area contributed by atoms with E-state index in [1.807, 2.05) is 31.2 Å². The molecule has 2 amide bonds. The summed E-state index contributed by atoms with van der Waals surface area (Å²) in [5.41, 5.74) is 2.61. The van der Waals surface area contributed by atoms with Gasteiger partial charge in [0.25, 0.3) is 11.8 Å². The van der Waals surface area contributed by atoms with Gasteiger partial charge in [0.05, 0.1) is 6.54 Å². The third-order valence-electron chi connectivity index (χ3n) is 2.78. The first kappa shape index (κ1) is 10.6. The van der Waals surface area contributed by atoms with Gasteiger partial charge in [-0.15, -0.1) is 0 Å². The minimum atomic E-state index is -0.217. The number of hydrogen-bond acceptors (Lipinski definition) is 2. The van der Waals surface area contributed by atoms with Crippen LogP contribution in [0.1, 0.15) is 18.1 Å². The molecule has 2 rings (SSSR count). The average molecular weight is 215 g/mol. The molecule has 0 spiro atoms. The predicted molar refractivity (Wildman–Crippen MR) is 60.5 cm³/mol.